The van der Waals surface area contributed by atoms with Crippen molar-refractivity contribution in [1.82, 2.24) is 18.7 Å². The van der Waals surface area contributed by atoms with Gasteiger partial charge < -0.3 is 14.4 Å². The SMILES string of the molecule is COCCn1cc(-c2cccc(Sn3cc(CN(C)C(=O)OC(C)(C)C)cc3-c3ccccc3F)c2)cn1. The molecule has 2 aromatic heterocycles. The summed E-state index contributed by atoms with van der Waals surface area (Å²) in [7, 11) is 3.36. The Bertz CT molecular complexity index is 1390. The number of hydrogen-bond acceptors (Lipinski definition) is 5. The third-order valence-electron chi connectivity index (χ3n) is 5.65. The fourth-order valence-corrected chi connectivity index (χ4v) is 4.85. The maximum Gasteiger partial charge on any atom is 0.410 e. The van der Waals surface area contributed by atoms with Gasteiger partial charge in [0.25, 0.3) is 0 Å². The molecular formula is C29H33FN4O3S. The zero-order valence-corrected chi connectivity index (χ0v) is 23.2. The molecule has 4 aromatic rings. The molecule has 0 saturated carbocycles. The Morgan fingerprint density at radius 1 is 1.08 bits per heavy atom. The van der Waals surface area contributed by atoms with Crippen LogP contribution < -0.4 is 0 Å². The summed E-state index contributed by atoms with van der Waals surface area (Å²) in [6.45, 7) is 7.10. The first-order valence-electron chi connectivity index (χ1n) is 12.3. The number of nitrogens with zero attached hydrogens (tertiary/aromatic N) is 4. The van der Waals surface area contributed by atoms with Gasteiger partial charge in [0.2, 0.25) is 0 Å². The number of carbonyl (C=O) groups excluding carboxylic acids is 1. The molecule has 2 aromatic carbocycles. The molecule has 0 unspecified atom stereocenters. The Labute approximate surface area is 227 Å². The highest BCUT2D eigenvalue weighted by molar-refractivity contribution is 7.98. The maximum absolute atomic E-state index is 14.8. The maximum atomic E-state index is 14.8. The van der Waals surface area contributed by atoms with E-state index < -0.39 is 11.7 Å². The molecule has 0 atom stereocenters. The second-order valence-corrected chi connectivity index (χ2v) is 11.0. The molecule has 38 heavy (non-hydrogen) atoms. The number of hydrogen-bond donors (Lipinski definition) is 0. The van der Waals surface area contributed by atoms with E-state index >= 15 is 0 Å². The second kappa shape index (κ2) is 11.9. The minimum atomic E-state index is -0.587. The highest BCUT2D eigenvalue weighted by atomic mass is 32.2. The summed E-state index contributed by atoms with van der Waals surface area (Å²) in [5.41, 5.74) is 3.50. The minimum Gasteiger partial charge on any atom is -0.444 e. The lowest BCUT2D eigenvalue weighted by atomic mass is 10.1. The molecule has 4 rings (SSSR count). The molecule has 2 heterocycles. The molecule has 1 amide bonds. The number of methoxy groups -OCH3 is 1. The third-order valence-corrected chi connectivity index (χ3v) is 6.61. The highest BCUT2D eigenvalue weighted by Crippen LogP contribution is 2.34. The number of ether oxygens (including phenoxy) is 2. The number of halogens is 1. The van der Waals surface area contributed by atoms with Gasteiger partial charge in [0.15, 0.2) is 0 Å². The van der Waals surface area contributed by atoms with Crippen LogP contribution in [0.25, 0.3) is 22.4 Å². The van der Waals surface area contributed by atoms with Crippen molar-refractivity contribution in [2.24, 2.45) is 0 Å². The summed E-state index contributed by atoms with van der Waals surface area (Å²) in [6.07, 6.45) is 5.35. The summed E-state index contributed by atoms with van der Waals surface area (Å²) < 4.78 is 29.3. The van der Waals surface area contributed by atoms with Crippen LogP contribution in [0.15, 0.2) is 78.1 Å². The smallest absolute Gasteiger partial charge is 0.410 e. The standard InChI is InChI=1S/C29H33FN4O3S/c1-29(2,3)37-28(35)32(4)18-21-15-27(25-11-6-7-12-26(25)30)34(19-21)38-24-10-8-9-22(16-24)23-17-31-33(20-23)13-14-36-5/h6-12,15-17,19-20H,13-14,18H2,1-5H3. The normalized spacial score (nSPS) is 11.5. The van der Waals surface area contributed by atoms with Crippen molar-refractivity contribution in [3.05, 3.63) is 84.6 Å². The molecular weight excluding hydrogens is 503 g/mol. The Balaban J connectivity index is 1.61. The first-order chi connectivity index (χ1) is 18.1. The molecule has 0 spiro atoms. The quantitative estimate of drug-likeness (QED) is 0.237. The van der Waals surface area contributed by atoms with Crippen molar-refractivity contribution in [3.63, 3.8) is 0 Å². The molecule has 0 fully saturated rings. The lowest BCUT2D eigenvalue weighted by Gasteiger charge is -2.24. The Kier molecular flexibility index (Phi) is 8.58. The van der Waals surface area contributed by atoms with Crippen LogP contribution in [0.2, 0.25) is 0 Å². The first-order valence-corrected chi connectivity index (χ1v) is 13.1. The number of amides is 1. The Morgan fingerprint density at radius 3 is 2.61 bits per heavy atom. The average Bonchev–Trinajstić information content (AvgIpc) is 3.49. The molecule has 0 aliphatic rings. The van der Waals surface area contributed by atoms with Gasteiger partial charge in [-0.3, -0.25) is 8.65 Å². The van der Waals surface area contributed by atoms with E-state index in [1.807, 2.05) is 78.3 Å². The molecule has 0 aliphatic heterocycles. The zero-order valence-electron chi connectivity index (χ0n) is 22.3. The molecule has 0 bridgehead atoms. The number of carbonyl (C=O) groups is 1. The summed E-state index contributed by atoms with van der Waals surface area (Å²) in [5, 5.41) is 4.41. The van der Waals surface area contributed by atoms with Crippen LogP contribution >= 0.6 is 11.9 Å². The molecule has 9 heteroatoms. The Morgan fingerprint density at radius 2 is 1.87 bits per heavy atom. The van der Waals surface area contributed by atoms with Crippen LogP contribution in [0, 0.1) is 5.82 Å². The van der Waals surface area contributed by atoms with Gasteiger partial charge in [-0.2, -0.15) is 5.10 Å². The molecule has 0 N–H and O–H groups in total. The predicted molar refractivity (Wildman–Crippen MR) is 148 cm³/mol. The van der Waals surface area contributed by atoms with E-state index in [1.165, 1.54) is 22.9 Å². The van der Waals surface area contributed by atoms with Gasteiger partial charge in [-0.05, 0) is 74.2 Å². The lowest BCUT2D eigenvalue weighted by Crippen LogP contribution is -2.33. The summed E-state index contributed by atoms with van der Waals surface area (Å²) in [5.74, 6) is -0.309. The monoisotopic (exact) mass is 536 g/mol. The van der Waals surface area contributed by atoms with Crippen LogP contribution in [0.5, 0.6) is 0 Å². The molecule has 0 saturated heterocycles. The molecule has 0 radical (unpaired) electrons. The first kappa shape index (κ1) is 27.5. The van der Waals surface area contributed by atoms with E-state index in [-0.39, 0.29) is 5.82 Å². The van der Waals surface area contributed by atoms with Gasteiger partial charge in [-0.25, -0.2) is 9.18 Å². The number of rotatable bonds is 9. The zero-order chi connectivity index (χ0) is 27.3. The van der Waals surface area contributed by atoms with Crippen LogP contribution in [0.4, 0.5) is 9.18 Å². The van der Waals surface area contributed by atoms with Crippen molar-refractivity contribution in [1.29, 1.82) is 0 Å². The van der Waals surface area contributed by atoms with Gasteiger partial charge in [0.05, 0.1) is 31.6 Å². The molecule has 7 nitrogen and oxygen atoms in total. The fourth-order valence-electron chi connectivity index (χ4n) is 3.87. The lowest BCUT2D eigenvalue weighted by molar-refractivity contribution is 0.0285. The fraction of sp³-hybridized carbons (Fsp3) is 0.310. The van der Waals surface area contributed by atoms with E-state index in [1.54, 1.807) is 26.3 Å². The largest absolute Gasteiger partial charge is 0.444 e. The summed E-state index contributed by atoms with van der Waals surface area (Å²) >= 11 is 1.48. The topological polar surface area (TPSA) is 61.5 Å². The highest BCUT2D eigenvalue weighted by Gasteiger charge is 2.21. The van der Waals surface area contributed by atoms with Crippen molar-refractivity contribution in [2.45, 2.75) is 44.4 Å². The van der Waals surface area contributed by atoms with Crippen molar-refractivity contribution in [3.8, 4) is 22.4 Å². The Hall–Kier alpha value is -3.56. The molecule has 200 valence electrons. The van der Waals surface area contributed by atoms with Gasteiger partial charge >= 0.3 is 6.09 Å². The van der Waals surface area contributed by atoms with Gasteiger partial charge in [0.1, 0.15) is 11.4 Å². The van der Waals surface area contributed by atoms with E-state index in [0.29, 0.717) is 31.0 Å². The van der Waals surface area contributed by atoms with Crippen molar-refractivity contribution in [2.75, 3.05) is 20.8 Å². The van der Waals surface area contributed by atoms with E-state index in [9.17, 15) is 9.18 Å². The number of benzene rings is 2. The van der Waals surface area contributed by atoms with Gasteiger partial charge in [-0.1, -0.05) is 24.3 Å². The van der Waals surface area contributed by atoms with Crippen molar-refractivity contribution < 1.29 is 18.7 Å². The third kappa shape index (κ3) is 7.05. The van der Waals surface area contributed by atoms with Gasteiger partial charge in [-0.15, -0.1) is 0 Å². The van der Waals surface area contributed by atoms with E-state index in [2.05, 4.69) is 11.2 Å². The van der Waals surface area contributed by atoms with E-state index in [4.69, 9.17) is 9.47 Å². The second-order valence-electron chi connectivity index (χ2n) is 9.98. The number of aromatic nitrogens is 3. The average molecular weight is 537 g/mol. The summed E-state index contributed by atoms with van der Waals surface area (Å²) in [4.78, 5) is 15.0. The van der Waals surface area contributed by atoms with Crippen LogP contribution in [-0.2, 0) is 22.6 Å². The summed E-state index contributed by atoms with van der Waals surface area (Å²) in [6, 6.07) is 16.7. The van der Waals surface area contributed by atoms with Crippen LogP contribution in [-0.4, -0.2) is 51.1 Å². The van der Waals surface area contributed by atoms with Crippen LogP contribution in [0.1, 0.15) is 26.3 Å². The minimum absolute atomic E-state index is 0.309. The van der Waals surface area contributed by atoms with Crippen molar-refractivity contribution >= 4 is 18.0 Å². The predicted octanol–water partition coefficient (Wildman–Crippen LogP) is 6.73. The van der Waals surface area contributed by atoms with E-state index in [0.717, 1.165) is 21.6 Å². The van der Waals surface area contributed by atoms with Gasteiger partial charge in [0, 0.05) is 42.6 Å². The van der Waals surface area contributed by atoms with Crippen LogP contribution in [0.3, 0.4) is 0 Å². The molecule has 0 aliphatic carbocycles.